The summed E-state index contributed by atoms with van der Waals surface area (Å²) in [5, 5.41) is 14.8. The fraction of sp³-hybridized carbons (Fsp3) is 0.467. The van der Waals surface area contributed by atoms with Crippen molar-refractivity contribution in [3.63, 3.8) is 0 Å². The first-order valence-corrected chi connectivity index (χ1v) is 6.89. The van der Waals surface area contributed by atoms with Crippen molar-refractivity contribution < 1.29 is 5.11 Å². The summed E-state index contributed by atoms with van der Waals surface area (Å²) < 4.78 is 0. The van der Waals surface area contributed by atoms with E-state index < -0.39 is 0 Å². The van der Waals surface area contributed by atoms with E-state index in [1.165, 1.54) is 0 Å². The highest BCUT2D eigenvalue weighted by atomic mass is 16.3. The highest BCUT2D eigenvalue weighted by Gasteiger charge is 2.16. The third kappa shape index (κ3) is 2.22. The van der Waals surface area contributed by atoms with Gasteiger partial charge in [-0.3, -0.25) is 4.90 Å². The molecule has 19 heavy (non-hydrogen) atoms. The molecule has 4 nitrogen and oxygen atoms in total. The summed E-state index contributed by atoms with van der Waals surface area (Å²) in [5.74, 6) is 0.442. The minimum Gasteiger partial charge on any atom is -0.507 e. The molecule has 1 aromatic carbocycles. The molecule has 2 aromatic rings. The van der Waals surface area contributed by atoms with Crippen LogP contribution in [0.5, 0.6) is 5.75 Å². The van der Waals surface area contributed by atoms with Crippen LogP contribution in [0.25, 0.3) is 10.9 Å². The van der Waals surface area contributed by atoms with Crippen LogP contribution in [0.4, 0.5) is 0 Å². The number of nitrogens with one attached hydrogen (secondary N) is 2. The van der Waals surface area contributed by atoms with Crippen molar-refractivity contribution in [2.75, 3.05) is 26.2 Å². The van der Waals surface area contributed by atoms with Crippen LogP contribution in [-0.4, -0.2) is 41.2 Å². The molecule has 0 unspecified atom stereocenters. The van der Waals surface area contributed by atoms with Crippen molar-refractivity contribution in [1.29, 1.82) is 0 Å². The number of hydrogen-bond acceptors (Lipinski definition) is 3. The van der Waals surface area contributed by atoms with Gasteiger partial charge >= 0.3 is 0 Å². The molecule has 102 valence electrons. The first-order valence-electron chi connectivity index (χ1n) is 6.89. The third-order valence-corrected chi connectivity index (χ3v) is 4.12. The van der Waals surface area contributed by atoms with Gasteiger partial charge in [-0.1, -0.05) is 6.07 Å². The average Bonchev–Trinajstić information content (AvgIpc) is 2.71. The lowest BCUT2D eigenvalue weighted by Gasteiger charge is -2.27. The van der Waals surface area contributed by atoms with Crippen LogP contribution in [0.15, 0.2) is 12.1 Å². The number of phenols is 1. The number of piperazine rings is 1. The van der Waals surface area contributed by atoms with Crippen LogP contribution >= 0.6 is 0 Å². The van der Waals surface area contributed by atoms with Gasteiger partial charge in [-0.2, -0.15) is 0 Å². The van der Waals surface area contributed by atoms with Crippen molar-refractivity contribution in [2.45, 2.75) is 20.4 Å². The van der Waals surface area contributed by atoms with E-state index in [0.29, 0.717) is 5.75 Å². The zero-order valence-electron chi connectivity index (χ0n) is 11.6. The normalized spacial score (nSPS) is 17.2. The van der Waals surface area contributed by atoms with E-state index in [1.807, 2.05) is 13.0 Å². The Morgan fingerprint density at radius 2 is 1.95 bits per heavy atom. The Labute approximate surface area is 113 Å². The fourth-order valence-corrected chi connectivity index (χ4v) is 2.84. The van der Waals surface area contributed by atoms with E-state index in [2.05, 4.69) is 28.2 Å². The van der Waals surface area contributed by atoms with Crippen LogP contribution in [0, 0.1) is 13.8 Å². The summed E-state index contributed by atoms with van der Waals surface area (Å²) in [5.41, 5.74) is 4.33. The van der Waals surface area contributed by atoms with Crippen molar-refractivity contribution >= 4 is 10.9 Å². The molecule has 0 aliphatic carbocycles. The van der Waals surface area contributed by atoms with Crippen molar-refractivity contribution in [3.8, 4) is 5.75 Å². The Balaban J connectivity index is 1.95. The summed E-state index contributed by atoms with van der Waals surface area (Å²) in [6, 6.07) is 4.11. The lowest BCUT2D eigenvalue weighted by molar-refractivity contribution is 0.231. The smallest absolute Gasteiger partial charge is 0.129 e. The van der Waals surface area contributed by atoms with Crippen LogP contribution in [-0.2, 0) is 6.54 Å². The summed E-state index contributed by atoms with van der Waals surface area (Å²) in [6.45, 7) is 9.09. The van der Waals surface area contributed by atoms with E-state index >= 15 is 0 Å². The molecule has 0 radical (unpaired) electrons. The molecule has 1 aliphatic heterocycles. The van der Waals surface area contributed by atoms with E-state index in [1.54, 1.807) is 0 Å². The molecule has 0 bridgehead atoms. The molecule has 0 spiro atoms. The van der Waals surface area contributed by atoms with Gasteiger partial charge in [-0.15, -0.1) is 0 Å². The number of fused-ring (bicyclic) bond motifs is 1. The molecule has 0 atom stereocenters. The number of aromatic amines is 1. The lowest BCUT2D eigenvalue weighted by Crippen LogP contribution is -2.42. The Morgan fingerprint density at radius 3 is 2.68 bits per heavy atom. The predicted octanol–water partition coefficient (Wildman–Crippen LogP) is 1.90. The minimum atomic E-state index is 0.442. The molecule has 1 saturated heterocycles. The van der Waals surface area contributed by atoms with Gasteiger partial charge in [0.25, 0.3) is 0 Å². The second-order valence-corrected chi connectivity index (χ2v) is 5.40. The molecule has 4 heteroatoms. The molecule has 3 N–H and O–H groups in total. The van der Waals surface area contributed by atoms with Crippen LogP contribution in [0.2, 0.25) is 0 Å². The topological polar surface area (TPSA) is 51.3 Å². The lowest BCUT2D eigenvalue weighted by atomic mass is 10.1. The van der Waals surface area contributed by atoms with Crippen LogP contribution in [0.1, 0.15) is 16.8 Å². The van der Waals surface area contributed by atoms with Gasteiger partial charge in [0, 0.05) is 54.9 Å². The number of nitrogens with zero attached hydrogens (tertiary/aromatic N) is 1. The molecule has 2 heterocycles. The zero-order chi connectivity index (χ0) is 13.4. The monoisotopic (exact) mass is 259 g/mol. The predicted molar refractivity (Wildman–Crippen MR) is 77.6 cm³/mol. The largest absolute Gasteiger partial charge is 0.507 e. The quantitative estimate of drug-likeness (QED) is 0.772. The molecule has 1 aliphatic rings. The molecule has 3 rings (SSSR count). The minimum absolute atomic E-state index is 0.442. The maximum absolute atomic E-state index is 10.5. The first-order chi connectivity index (χ1) is 9.16. The van der Waals surface area contributed by atoms with Gasteiger partial charge in [0.05, 0.1) is 0 Å². The van der Waals surface area contributed by atoms with Crippen molar-refractivity contribution in [1.82, 2.24) is 15.2 Å². The third-order valence-electron chi connectivity index (χ3n) is 4.12. The van der Waals surface area contributed by atoms with Gasteiger partial charge in [-0.25, -0.2) is 0 Å². The second-order valence-electron chi connectivity index (χ2n) is 5.40. The van der Waals surface area contributed by atoms with E-state index in [-0.39, 0.29) is 0 Å². The average molecular weight is 259 g/mol. The Kier molecular flexibility index (Phi) is 3.21. The molecule has 1 fully saturated rings. The fourth-order valence-electron chi connectivity index (χ4n) is 2.84. The van der Waals surface area contributed by atoms with Crippen molar-refractivity contribution in [3.05, 3.63) is 29.0 Å². The first kappa shape index (κ1) is 12.5. The van der Waals surface area contributed by atoms with E-state index in [4.69, 9.17) is 0 Å². The Hall–Kier alpha value is -1.52. The number of hydrogen-bond donors (Lipinski definition) is 3. The van der Waals surface area contributed by atoms with E-state index in [9.17, 15) is 5.11 Å². The molecular weight excluding hydrogens is 238 g/mol. The highest BCUT2D eigenvalue weighted by Crippen LogP contribution is 2.33. The van der Waals surface area contributed by atoms with Gasteiger partial charge in [0.2, 0.25) is 0 Å². The maximum atomic E-state index is 10.5. The zero-order valence-corrected chi connectivity index (χ0v) is 11.6. The number of H-pyrrole nitrogens is 1. The number of phenolic OH excluding ortho intramolecular Hbond substituents is 1. The van der Waals surface area contributed by atoms with Gasteiger partial charge < -0.3 is 15.4 Å². The standard InChI is InChI=1S/C15H21N3O/c1-10-11(2)17-13-4-3-12(15(19)14(10)13)9-18-7-5-16-6-8-18/h3-4,16-17,19H,5-9H2,1-2H3. The molecular formula is C15H21N3O. The number of aromatic nitrogens is 1. The molecule has 1 aromatic heterocycles. The summed E-state index contributed by atoms with van der Waals surface area (Å²) in [6.07, 6.45) is 0. The van der Waals surface area contributed by atoms with Crippen molar-refractivity contribution in [2.24, 2.45) is 0 Å². The Bertz CT molecular complexity index is 597. The van der Waals surface area contributed by atoms with Gasteiger partial charge in [0.15, 0.2) is 0 Å². The molecule has 0 saturated carbocycles. The summed E-state index contributed by atoms with van der Waals surface area (Å²) in [4.78, 5) is 5.70. The SMILES string of the molecule is Cc1[nH]c2ccc(CN3CCNCC3)c(O)c2c1C. The maximum Gasteiger partial charge on any atom is 0.129 e. The van der Waals surface area contributed by atoms with Gasteiger partial charge in [0.1, 0.15) is 5.75 Å². The van der Waals surface area contributed by atoms with Crippen LogP contribution in [0.3, 0.4) is 0 Å². The second kappa shape index (κ2) is 4.87. The van der Waals surface area contributed by atoms with E-state index in [0.717, 1.165) is 60.4 Å². The van der Waals surface area contributed by atoms with Gasteiger partial charge in [-0.05, 0) is 25.5 Å². The summed E-state index contributed by atoms with van der Waals surface area (Å²) >= 11 is 0. The molecule has 0 amide bonds. The Morgan fingerprint density at radius 1 is 1.21 bits per heavy atom. The number of benzene rings is 1. The number of rotatable bonds is 2. The number of aromatic hydroxyl groups is 1. The highest BCUT2D eigenvalue weighted by molar-refractivity contribution is 5.91. The number of aryl methyl sites for hydroxylation is 2. The van der Waals surface area contributed by atoms with Crippen LogP contribution < -0.4 is 5.32 Å². The summed E-state index contributed by atoms with van der Waals surface area (Å²) in [7, 11) is 0.